The molecule has 130 valence electrons. The van der Waals surface area contributed by atoms with E-state index >= 15 is 0 Å². The highest BCUT2D eigenvalue weighted by Gasteiger charge is 2.34. The Morgan fingerprint density at radius 3 is 2.54 bits per heavy atom. The molecule has 3 nitrogen and oxygen atoms in total. The van der Waals surface area contributed by atoms with Crippen LogP contribution in [0.25, 0.3) is 0 Å². The molecule has 0 saturated heterocycles. The summed E-state index contributed by atoms with van der Waals surface area (Å²) in [7, 11) is 1.88. The second-order valence-corrected chi connectivity index (χ2v) is 6.78. The van der Waals surface area contributed by atoms with Gasteiger partial charge in [-0.15, -0.1) is 12.4 Å². The zero-order valence-corrected chi connectivity index (χ0v) is 15.5. The van der Waals surface area contributed by atoms with E-state index in [2.05, 4.69) is 55.6 Å². The van der Waals surface area contributed by atoms with E-state index < -0.39 is 0 Å². The summed E-state index contributed by atoms with van der Waals surface area (Å²) in [6, 6.07) is 16.8. The van der Waals surface area contributed by atoms with Crippen molar-refractivity contribution in [3.63, 3.8) is 0 Å². The summed E-state index contributed by atoms with van der Waals surface area (Å²) in [6.45, 7) is 6.28. The highest BCUT2D eigenvalue weighted by atomic mass is 35.5. The summed E-state index contributed by atoms with van der Waals surface area (Å²) in [5.41, 5.74) is 2.38. The molecule has 1 aliphatic rings. The van der Waals surface area contributed by atoms with E-state index in [-0.39, 0.29) is 24.2 Å². The number of halogens is 1. The van der Waals surface area contributed by atoms with E-state index in [1.807, 2.05) is 26.1 Å². The van der Waals surface area contributed by atoms with Crippen LogP contribution in [-0.4, -0.2) is 18.9 Å². The standard InChI is InChI=1S/C20H25NO2.ClH/c1-14(21-4)22-16-10-11-17-18(15-8-6-5-7-9-15)13-20(2,3)23-19(17)12-16;/h5-12,14,18,21H,13H2,1-4H3;1H. The molecular formula is C20H26ClNO2. The minimum Gasteiger partial charge on any atom is -0.487 e. The lowest BCUT2D eigenvalue weighted by Gasteiger charge is -2.38. The van der Waals surface area contributed by atoms with Crippen LogP contribution in [-0.2, 0) is 0 Å². The van der Waals surface area contributed by atoms with Crippen LogP contribution in [0, 0.1) is 0 Å². The first-order chi connectivity index (χ1) is 11.0. The number of rotatable bonds is 4. The molecule has 2 atom stereocenters. The van der Waals surface area contributed by atoms with Gasteiger partial charge < -0.3 is 9.47 Å². The molecule has 1 heterocycles. The first-order valence-corrected chi connectivity index (χ1v) is 8.20. The number of ether oxygens (including phenoxy) is 2. The predicted molar refractivity (Wildman–Crippen MR) is 100 cm³/mol. The Bertz CT molecular complexity index is 673. The van der Waals surface area contributed by atoms with Gasteiger partial charge in [-0.25, -0.2) is 0 Å². The van der Waals surface area contributed by atoms with Gasteiger partial charge in [0, 0.05) is 17.5 Å². The van der Waals surface area contributed by atoms with Crippen LogP contribution in [0.4, 0.5) is 0 Å². The molecule has 2 aromatic rings. The van der Waals surface area contributed by atoms with Crippen LogP contribution in [0.3, 0.4) is 0 Å². The molecule has 1 N–H and O–H groups in total. The van der Waals surface area contributed by atoms with Gasteiger partial charge in [-0.2, -0.15) is 0 Å². The summed E-state index contributed by atoms with van der Waals surface area (Å²) in [5.74, 6) is 2.11. The highest BCUT2D eigenvalue weighted by molar-refractivity contribution is 5.85. The normalized spacial score (nSPS) is 19.4. The summed E-state index contributed by atoms with van der Waals surface area (Å²) in [6.07, 6.45) is 0.937. The van der Waals surface area contributed by atoms with Gasteiger partial charge in [0.1, 0.15) is 23.3 Å². The van der Waals surface area contributed by atoms with Gasteiger partial charge in [0.15, 0.2) is 0 Å². The van der Waals surface area contributed by atoms with Crippen LogP contribution in [0.1, 0.15) is 44.2 Å². The number of hydrogen-bond acceptors (Lipinski definition) is 3. The van der Waals surface area contributed by atoms with Crippen molar-refractivity contribution in [1.82, 2.24) is 5.32 Å². The first-order valence-electron chi connectivity index (χ1n) is 8.20. The van der Waals surface area contributed by atoms with Crippen molar-refractivity contribution in [2.24, 2.45) is 0 Å². The summed E-state index contributed by atoms with van der Waals surface area (Å²) in [4.78, 5) is 0. The Morgan fingerprint density at radius 1 is 1.17 bits per heavy atom. The maximum atomic E-state index is 6.23. The zero-order chi connectivity index (χ0) is 16.4. The Kier molecular flexibility index (Phi) is 5.79. The molecule has 0 saturated carbocycles. The Labute approximate surface area is 150 Å². The van der Waals surface area contributed by atoms with E-state index in [4.69, 9.17) is 9.47 Å². The minimum atomic E-state index is -0.194. The lowest BCUT2D eigenvalue weighted by molar-refractivity contribution is 0.0766. The Morgan fingerprint density at radius 2 is 1.88 bits per heavy atom. The van der Waals surface area contributed by atoms with E-state index in [1.54, 1.807) is 0 Å². The minimum absolute atomic E-state index is 0. The van der Waals surface area contributed by atoms with Crippen molar-refractivity contribution < 1.29 is 9.47 Å². The third kappa shape index (κ3) is 4.03. The number of nitrogens with one attached hydrogen (secondary N) is 1. The number of fused-ring (bicyclic) bond motifs is 1. The lowest BCUT2D eigenvalue weighted by Crippen LogP contribution is -2.35. The van der Waals surface area contributed by atoms with Crippen molar-refractivity contribution in [3.8, 4) is 11.5 Å². The fraction of sp³-hybridized carbons (Fsp3) is 0.400. The van der Waals surface area contributed by atoms with Gasteiger partial charge in [-0.3, -0.25) is 5.32 Å². The first kappa shape index (κ1) is 18.6. The topological polar surface area (TPSA) is 30.5 Å². The molecule has 3 rings (SSSR count). The Balaban J connectivity index is 0.00000208. The molecule has 1 aliphatic heterocycles. The largest absolute Gasteiger partial charge is 0.487 e. The van der Waals surface area contributed by atoms with Crippen molar-refractivity contribution >= 4 is 12.4 Å². The van der Waals surface area contributed by atoms with Crippen molar-refractivity contribution in [3.05, 3.63) is 59.7 Å². The van der Waals surface area contributed by atoms with E-state index in [0.29, 0.717) is 5.92 Å². The van der Waals surface area contributed by atoms with Crippen molar-refractivity contribution in [1.29, 1.82) is 0 Å². The second-order valence-electron chi connectivity index (χ2n) is 6.78. The molecular weight excluding hydrogens is 322 g/mol. The average Bonchev–Trinajstić information content (AvgIpc) is 2.53. The third-order valence-corrected chi connectivity index (χ3v) is 4.36. The van der Waals surface area contributed by atoms with Gasteiger partial charge in [-0.1, -0.05) is 36.4 Å². The Hall–Kier alpha value is -1.71. The molecule has 0 bridgehead atoms. The van der Waals surface area contributed by atoms with Crippen LogP contribution in [0.15, 0.2) is 48.5 Å². The van der Waals surface area contributed by atoms with Crippen LogP contribution >= 0.6 is 12.4 Å². The SMILES string of the molecule is CNC(C)Oc1ccc2c(c1)OC(C)(C)CC2c1ccccc1.Cl. The zero-order valence-electron chi connectivity index (χ0n) is 14.7. The molecule has 2 unspecified atom stereocenters. The van der Waals surface area contributed by atoms with Gasteiger partial charge in [0.05, 0.1) is 0 Å². The van der Waals surface area contributed by atoms with E-state index in [0.717, 1.165) is 17.9 Å². The average molecular weight is 348 g/mol. The van der Waals surface area contributed by atoms with Crippen molar-refractivity contribution in [2.75, 3.05) is 7.05 Å². The highest BCUT2D eigenvalue weighted by Crippen LogP contribution is 2.45. The second kappa shape index (κ2) is 7.45. The van der Waals surface area contributed by atoms with Gasteiger partial charge in [0.2, 0.25) is 0 Å². The van der Waals surface area contributed by atoms with Gasteiger partial charge in [0.25, 0.3) is 0 Å². The van der Waals surface area contributed by atoms with Crippen LogP contribution in [0.5, 0.6) is 11.5 Å². The molecule has 0 amide bonds. The molecule has 0 radical (unpaired) electrons. The van der Waals surface area contributed by atoms with Gasteiger partial charge in [-0.05, 0) is 45.9 Å². The fourth-order valence-corrected chi connectivity index (χ4v) is 3.15. The molecule has 0 aliphatic carbocycles. The summed E-state index contributed by atoms with van der Waals surface area (Å²) < 4.78 is 12.1. The van der Waals surface area contributed by atoms with Gasteiger partial charge >= 0.3 is 0 Å². The van der Waals surface area contributed by atoms with Crippen molar-refractivity contribution in [2.45, 2.75) is 44.9 Å². The summed E-state index contributed by atoms with van der Waals surface area (Å²) >= 11 is 0. The summed E-state index contributed by atoms with van der Waals surface area (Å²) in [5, 5.41) is 3.08. The molecule has 4 heteroatoms. The maximum Gasteiger partial charge on any atom is 0.147 e. The molecule has 0 spiro atoms. The molecule has 0 fully saturated rings. The number of benzene rings is 2. The van der Waals surface area contributed by atoms with Crippen LogP contribution < -0.4 is 14.8 Å². The maximum absolute atomic E-state index is 6.23. The van der Waals surface area contributed by atoms with Crippen LogP contribution in [0.2, 0.25) is 0 Å². The molecule has 0 aromatic heterocycles. The molecule has 2 aromatic carbocycles. The number of hydrogen-bond donors (Lipinski definition) is 1. The third-order valence-electron chi connectivity index (χ3n) is 4.36. The quantitative estimate of drug-likeness (QED) is 0.810. The van der Waals surface area contributed by atoms with E-state index in [9.17, 15) is 0 Å². The predicted octanol–water partition coefficient (Wildman–Crippen LogP) is 4.75. The monoisotopic (exact) mass is 347 g/mol. The smallest absolute Gasteiger partial charge is 0.147 e. The fourth-order valence-electron chi connectivity index (χ4n) is 3.15. The van der Waals surface area contributed by atoms with E-state index in [1.165, 1.54) is 11.1 Å². The lowest BCUT2D eigenvalue weighted by atomic mass is 9.80. The molecule has 24 heavy (non-hydrogen) atoms.